The molecule has 0 atom stereocenters. The van der Waals surface area contributed by atoms with Gasteiger partial charge in [0.05, 0.1) is 0 Å². The molecule has 0 amide bonds. The fourth-order valence-electron chi connectivity index (χ4n) is 0.590. The van der Waals surface area contributed by atoms with E-state index in [0.29, 0.717) is 4.57 Å². The highest BCUT2D eigenvalue weighted by molar-refractivity contribution is 6.63. The number of halogens is 1. The molecule has 1 aromatic heterocycles. The van der Waals surface area contributed by atoms with Gasteiger partial charge < -0.3 is 4.98 Å². The Labute approximate surface area is 65.2 Å². The maximum atomic E-state index is 10.7. The van der Waals surface area contributed by atoms with E-state index in [1.807, 2.05) is 0 Å². The molecule has 1 aromatic rings. The lowest BCUT2D eigenvalue weighted by molar-refractivity contribution is 0.259. The van der Waals surface area contributed by atoms with E-state index in [2.05, 4.69) is 4.98 Å². The Hall–Kier alpha value is -1.36. The number of nitrogens with zero attached hydrogens (tertiary/aromatic N) is 1. The maximum absolute atomic E-state index is 10.7. The molecule has 0 aliphatic heterocycles. The van der Waals surface area contributed by atoms with Crippen LogP contribution in [0.4, 0.5) is 4.79 Å². The summed E-state index contributed by atoms with van der Waals surface area (Å²) in [6, 6.07) is 1.03. The van der Waals surface area contributed by atoms with Gasteiger partial charge in [-0.15, -0.1) is 0 Å². The molecule has 1 N–H and O–H groups in total. The Morgan fingerprint density at radius 1 is 1.55 bits per heavy atom. The molecule has 0 spiro atoms. The van der Waals surface area contributed by atoms with Crippen LogP contribution >= 0.6 is 11.6 Å². The third kappa shape index (κ3) is 1.38. The second-order valence-corrected chi connectivity index (χ2v) is 2.03. The number of hydrogen-bond acceptors (Lipinski definition) is 3. The van der Waals surface area contributed by atoms with Crippen molar-refractivity contribution in [2.75, 3.05) is 0 Å². The van der Waals surface area contributed by atoms with Crippen LogP contribution < -0.4 is 11.2 Å². The Balaban J connectivity index is 3.58. The number of H-pyrrole nitrogens is 1. The van der Waals surface area contributed by atoms with Crippen LogP contribution in [-0.4, -0.2) is 14.9 Å². The molecule has 0 radical (unpaired) electrons. The van der Waals surface area contributed by atoms with Gasteiger partial charge in [0.15, 0.2) is 0 Å². The zero-order chi connectivity index (χ0) is 8.43. The minimum atomic E-state index is -1.11. The molecule has 58 valence electrons. The first-order valence-electron chi connectivity index (χ1n) is 2.63. The van der Waals surface area contributed by atoms with Crippen LogP contribution in [0, 0.1) is 0 Å². The van der Waals surface area contributed by atoms with Crippen molar-refractivity contribution in [3.8, 4) is 0 Å². The van der Waals surface area contributed by atoms with Crippen molar-refractivity contribution in [1.29, 1.82) is 0 Å². The summed E-state index contributed by atoms with van der Waals surface area (Å²) in [6.07, 6.45) is 1.14. The second kappa shape index (κ2) is 2.71. The molecule has 0 saturated heterocycles. The SMILES string of the molecule is O=C(Cl)n1c(=O)cc[nH]c1=O. The van der Waals surface area contributed by atoms with E-state index >= 15 is 0 Å². The molecule has 11 heavy (non-hydrogen) atoms. The lowest BCUT2D eigenvalue weighted by atomic mass is 10.6. The summed E-state index contributed by atoms with van der Waals surface area (Å²) in [6.45, 7) is 0. The maximum Gasteiger partial charge on any atom is 0.336 e. The first-order valence-corrected chi connectivity index (χ1v) is 3.01. The van der Waals surface area contributed by atoms with Crippen molar-refractivity contribution in [3.63, 3.8) is 0 Å². The van der Waals surface area contributed by atoms with Gasteiger partial charge in [0.2, 0.25) is 0 Å². The highest BCUT2D eigenvalue weighted by Crippen LogP contribution is 1.79. The van der Waals surface area contributed by atoms with Crippen molar-refractivity contribution < 1.29 is 4.79 Å². The van der Waals surface area contributed by atoms with Gasteiger partial charge in [0.25, 0.3) is 5.56 Å². The van der Waals surface area contributed by atoms with E-state index in [4.69, 9.17) is 11.6 Å². The predicted molar refractivity (Wildman–Crippen MR) is 38.0 cm³/mol. The molecule has 0 aliphatic carbocycles. The van der Waals surface area contributed by atoms with Crippen LogP contribution in [0.1, 0.15) is 0 Å². The highest BCUT2D eigenvalue weighted by atomic mass is 35.5. The summed E-state index contributed by atoms with van der Waals surface area (Å²) in [5, 5.41) is -1.11. The summed E-state index contributed by atoms with van der Waals surface area (Å²) in [5.74, 6) is 0. The van der Waals surface area contributed by atoms with Crippen LogP contribution in [0.2, 0.25) is 0 Å². The van der Waals surface area contributed by atoms with E-state index in [1.165, 1.54) is 0 Å². The lowest BCUT2D eigenvalue weighted by Gasteiger charge is -1.92. The Morgan fingerprint density at radius 3 is 2.55 bits per heavy atom. The molecule has 6 heteroatoms. The third-order valence-corrected chi connectivity index (χ3v) is 1.20. The zero-order valence-electron chi connectivity index (χ0n) is 5.20. The Bertz CT molecular complexity index is 363. The number of rotatable bonds is 0. The van der Waals surface area contributed by atoms with Gasteiger partial charge in [-0.3, -0.25) is 9.59 Å². The lowest BCUT2D eigenvalue weighted by Crippen LogP contribution is -2.36. The summed E-state index contributed by atoms with van der Waals surface area (Å²) in [7, 11) is 0. The average Bonchev–Trinajstić information content (AvgIpc) is 1.85. The number of hydrogen-bond donors (Lipinski definition) is 1. The first kappa shape index (κ1) is 7.74. The molecule has 1 heterocycles. The van der Waals surface area contributed by atoms with Gasteiger partial charge in [0.1, 0.15) is 0 Å². The normalized spacial score (nSPS) is 9.55. The number of aromatic nitrogens is 2. The van der Waals surface area contributed by atoms with Crippen molar-refractivity contribution in [2.24, 2.45) is 0 Å². The van der Waals surface area contributed by atoms with E-state index in [1.54, 1.807) is 0 Å². The molecule has 0 saturated carbocycles. The summed E-state index contributed by atoms with van der Waals surface area (Å²) < 4.78 is 0.293. The van der Waals surface area contributed by atoms with E-state index in [0.717, 1.165) is 12.3 Å². The monoisotopic (exact) mass is 174 g/mol. The van der Waals surface area contributed by atoms with Gasteiger partial charge in [0, 0.05) is 12.3 Å². The van der Waals surface area contributed by atoms with Crippen LogP contribution in [0.25, 0.3) is 0 Å². The topological polar surface area (TPSA) is 71.9 Å². The van der Waals surface area contributed by atoms with Gasteiger partial charge in [-0.2, -0.15) is 4.57 Å². The Morgan fingerprint density at radius 2 is 2.18 bits per heavy atom. The van der Waals surface area contributed by atoms with E-state index < -0.39 is 16.6 Å². The van der Waals surface area contributed by atoms with E-state index in [-0.39, 0.29) is 0 Å². The largest absolute Gasteiger partial charge is 0.336 e. The third-order valence-electron chi connectivity index (χ3n) is 1.03. The molecular formula is C5H3ClN2O3. The number of nitrogens with one attached hydrogen (secondary N) is 1. The molecule has 0 unspecified atom stereocenters. The van der Waals surface area contributed by atoms with E-state index in [9.17, 15) is 14.4 Å². The first-order chi connectivity index (χ1) is 5.13. The minimum absolute atomic E-state index is 0.293. The second-order valence-electron chi connectivity index (χ2n) is 1.71. The summed E-state index contributed by atoms with van der Waals surface area (Å²) >= 11 is 4.92. The van der Waals surface area contributed by atoms with Crippen LogP contribution in [0.15, 0.2) is 21.9 Å². The Kier molecular flexibility index (Phi) is 1.91. The van der Waals surface area contributed by atoms with Crippen molar-refractivity contribution in [2.45, 2.75) is 0 Å². The van der Waals surface area contributed by atoms with Crippen LogP contribution in [-0.2, 0) is 0 Å². The van der Waals surface area contributed by atoms with Gasteiger partial charge in [-0.25, -0.2) is 4.79 Å². The van der Waals surface area contributed by atoms with Crippen molar-refractivity contribution in [1.82, 2.24) is 9.55 Å². The number of carbonyl (C=O) groups is 1. The van der Waals surface area contributed by atoms with Crippen molar-refractivity contribution >= 4 is 17.0 Å². The molecular weight excluding hydrogens is 172 g/mol. The number of aromatic amines is 1. The fourth-order valence-corrected chi connectivity index (χ4v) is 0.750. The molecule has 0 bridgehead atoms. The predicted octanol–water partition coefficient (Wildman–Crippen LogP) is -0.257. The summed E-state index contributed by atoms with van der Waals surface area (Å²) in [5.41, 5.74) is -1.58. The fraction of sp³-hybridized carbons (Fsp3) is 0. The standard InChI is InChI=1S/C5H3ClN2O3/c6-4(10)8-3(9)1-2-7-5(8)11/h1-2H,(H,7,11). The minimum Gasteiger partial charge on any atom is -0.314 e. The molecule has 0 aromatic carbocycles. The van der Waals surface area contributed by atoms with Gasteiger partial charge in [-0.05, 0) is 11.6 Å². The molecule has 0 aliphatic rings. The average molecular weight is 175 g/mol. The van der Waals surface area contributed by atoms with Crippen LogP contribution in [0.3, 0.4) is 0 Å². The zero-order valence-corrected chi connectivity index (χ0v) is 5.96. The molecule has 5 nitrogen and oxygen atoms in total. The highest BCUT2D eigenvalue weighted by Gasteiger charge is 2.05. The summed E-state index contributed by atoms with van der Waals surface area (Å²) in [4.78, 5) is 33.9. The van der Waals surface area contributed by atoms with Gasteiger partial charge >= 0.3 is 11.1 Å². The quantitative estimate of drug-likeness (QED) is 0.551. The molecule has 1 rings (SSSR count). The van der Waals surface area contributed by atoms with Gasteiger partial charge in [-0.1, -0.05) is 0 Å². The van der Waals surface area contributed by atoms with Crippen molar-refractivity contribution in [3.05, 3.63) is 33.1 Å². The smallest absolute Gasteiger partial charge is 0.314 e. The van der Waals surface area contributed by atoms with Crippen LogP contribution in [0.5, 0.6) is 0 Å². The number of carbonyl (C=O) groups excluding carboxylic acids is 1. The molecule has 0 fully saturated rings.